The largest absolute Gasteiger partial charge is 0.469 e. The molecule has 7 nitrogen and oxygen atoms in total. The van der Waals surface area contributed by atoms with Gasteiger partial charge in [-0.15, -0.1) is 11.3 Å². The number of carbonyl (C=O) groups is 1. The van der Waals surface area contributed by atoms with Crippen molar-refractivity contribution < 1.29 is 17.9 Å². The predicted molar refractivity (Wildman–Crippen MR) is 117 cm³/mol. The molecule has 10 heteroatoms. The van der Waals surface area contributed by atoms with Crippen LogP contribution in [0.15, 0.2) is 41.3 Å². The number of pyridine rings is 1. The molecule has 0 unspecified atom stereocenters. The molecule has 0 atom stereocenters. The molecule has 0 aliphatic carbocycles. The second-order valence-electron chi connectivity index (χ2n) is 6.74. The average Bonchev–Trinajstić information content (AvgIpc) is 3.25. The number of thiazole rings is 1. The minimum Gasteiger partial charge on any atom is -0.469 e. The van der Waals surface area contributed by atoms with E-state index in [-0.39, 0.29) is 22.4 Å². The van der Waals surface area contributed by atoms with Crippen molar-refractivity contribution in [3.8, 4) is 0 Å². The molecule has 0 amide bonds. The summed E-state index contributed by atoms with van der Waals surface area (Å²) in [5.74, 6) is -0.340. The lowest BCUT2D eigenvalue weighted by molar-refractivity contribution is -0.140. The number of fused-ring (bicyclic) bond motifs is 2. The maximum absolute atomic E-state index is 13.6. The van der Waals surface area contributed by atoms with E-state index in [9.17, 15) is 13.2 Å². The molecule has 3 aromatic heterocycles. The van der Waals surface area contributed by atoms with Crippen molar-refractivity contribution in [1.29, 1.82) is 0 Å². The normalized spacial score (nSPS) is 12.0. The highest BCUT2D eigenvalue weighted by molar-refractivity contribution is 7.90. The van der Waals surface area contributed by atoms with E-state index in [0.29, 0.717) is 29.6 Å². The van der Waals surface area contributed by atoms with Crippen molar-refractivity contribution in [2.75, 3.05) is 7.11 Å². The van der Waals surface area contributed by atoms with Gasteiger partial charge in [0.1, 0.15) is 5.15 Å². The summed E-state index contributed by atoms with van der Waals surface area (Å²) in [6.07, 6.45) is 1.00. The van der Waals surface area contributed by atoms with Gasteiger partial charge in [-0.05, 0) is 56.2 Å². The third-order valence-corrected chi connectivity index (χ3v) is 7.60. The third kappa shape index (κ3) is 3.80. The zero-order valence-electron chi connectivity index (χ0n) is 16.3. The summed E-state index contributed by atoms with van der Waals surface area (Å²) >= 11 is 7.45. The Hall–Kier alpha value is -2.49. The fourth-order valence-electron chi connectivity index (χ4n) is 3.35. The van der Waals surface area contributed by atoms with E-state index in [1.54, 1.807) is 36.4 Å². The molecule has 1 aromatic carbocycles. The highest BCUT2D eigenvalue weighted by Crippen LogP contribution is 2.30. The first kappa shape index (κ1) is 20.8. The molecule has 0 N–H and O–H groups in total. The van der Waals surface area contributed by atoms with Gasteiger partial charge in [-0.2, -0.15) is 0 Å². The van der Waals surface area contributed by atoms with E-state index in [4.69, 9.17) is 11.6 Å². The Morgan fingerprint density at radius 1 is 1.17 bits per heavy atom. The summed E-state index contributed by atoms with van der Waals surface area (Å²) in [6.45, 7) is 1.88. The van der Waals surface area contributed by atoms with Crippen LogP contribution < -0.4 is 0 Å². The van der Waals surface area contributed by atoms with E-state index in [1.807, 2.05) is 6.92 Å². The molecule has 30 heavy (non-hydrogen) atoms. The molecule has 0 saturated heterocycles. The summed E-state index contributed by atoms with van der Waals surface area (Å²) in [7, 11) is -2.58. The van der Waals surface area contributed by atoms with Crippen LogP contribution in [-0.2, 0) is 26.0 Å². The Morgan fingerprint density at radius 2 is 1.97 bits per heavy atom. The lowest BCUT2D eigenvalue weighted by Gasteiger charge is -2.12. The predicted octanol–water partition coefficient (Wildman–Crippen LogP) is 4.34. The molecule has 0 spiro atoms. The number of methoxy groups -OCH3 is 1. The first-order chi connectivity index (χ1) is 14.3. The van der Waals surface area contributed by atoms with Gasteiger partial charge >= 0.3 is 5.97 Å². The molecule has 0 saturated carbocycles. The summed E-state index contributed by atoms with van der Waals surface area (Å²) in [4.78, 5) is 20.3. The first-order valence-corrected chi connectivity index (χ1v) is 11.8. The number of hydrogen-bond acceptors (Lipinski definition) is 7. The standard InChI is InChI=1S/C20H18ClN3O4S2/c1-12-22-15-7-6-14(11-18(15)29-12)30(26,27)24-13(4-3-5-20(25)28-2)10-16-17(24)8-9-19(21)23-16/h6-11H,3-5H2,1-2H3. The number of aromatic nitrogens is 3. The SMILES string of the molecule is COC(=O)CCCc1cc2nc(Cl)ccc2n1S(=O)(=O)c1ccc2nc(C)sc2c1. The molecule has 0 aliphatic rings. The lowest BCUT2D eigenvalue weighted by Crippen LogP contribution is -2.16. The van der Waals surface area contributed by atoms with Gasteiger partial charge in [-0.3, -0.25) is 4.79 Å². The number of carbonyl (C=O) groups excluding carboxylic acids is 1. The number of aryl methyl sites for hydroxylation is 2. The van der Waals surface area contributed by atoms with Crippen molar-refractivity contribution in [2.24, 2.45) is 0 Å². The zero-order valence-corrected chi connectivity index (χ0v) is 18.6. The van der Waals surface area contributed by atoms with E-state index in [0.717, 1.165) is 15.2 Å². The third-order valence-electron chi connectivity index (χ3n) is 4.70. The van der Waals surface area contributed by atoms with Crippen molar-refractivity contribution >= 4 is 60.2 Å². The fourth-order valence-corrected chi connectivity index (χ4v) is 6.03. The zero-order chi connectivity index (χ0) is 21.5. The van der Waals surface area contributed by atoms with Crippen LogP contribution in [0.2, 0.25) is 5.15 Å². The van der Waals surface area contributed by atoms with Crippen LogP contribution in [0, 0.1) is 6.92 Å². The summed E-state index contributed by atoms with van der Waals surface area (Å²) in [6, 6.07) is 9.81. The van der Waals surface area contributed by atoms with Crippen LogP contribution in [0.25, 0.3) is 21.3 Å². The quantitative estimate of drug-likeness (QED) is 0.312. The van der Waals surface area contributed by atoms with Crippen LogP contribution >= 0.6 is 22.9 Å². The number of halogens is 1. The molecule has 0 fully saturated rings. The molecule has 0 bridgehead atoms. The summed E-state index contributed by atoms with van der Waals surface area (Å²) in [5, 5.41) is 1.15. The van der Waals surface area contributed by atoms with Crippen LogP contribution in [0.4, 0.5) is 0 Å². The number of esters is 1. The van der Waals surface area contributed by atoms with Gasteiger partial charge in [-0.25, -0.2) is 22.4 Å². The monoisotopic (exact) mass is 463 g/mol. The maximum Gasteiger partial charge on any atom is 0.305 e. The van der Waals surface area contributed by atoms with Gasteiger partial charge in [-0.1, -0.05) is 11.6 Å². The fraction of sp³-hybridized carbons (Fsp3) is 0.250. The van der Waals surface area contributed by atoms with Crippen molar-refractivity contribution in [1.82, 2.24) is 13.9 Å². The van der Waals surface area contributed by atoms with Gasteiger partial charge in [0, 0.05) is 12.1 Å². The van der Waals surface area contributed by atoms with Crippen LogP contribution in [0.1, 0.15) is 23.5 Å². The molecule has 0 aliphatic heterocycles. The van der Waals surface area contributed by atoms with Crippen LogP contribution in [0.3, 0.4) is 0 Å². The van der Waals surface area contributed by atoms with Gasteiger partial charge < -0.3 is 4.74 Å². The first-order valence-electron chi connectivity index (χ1n) is 9.16. The van der Waals surface area contributed by atoms with Gasteiger partial charge in [0.2, 0.25) is 0 Å². The Morgan fingerprint density at radius 3 is 2.73 bits per heavy atom. The maximum atomic E-state index is 13.6. The number of ether oxygens (including phenoxy) is 1. The molecule has 0 radical (unpaired) electrons. The van der Waals surface area contributed by atoms with Crippen molar-refractivity contribution in [3.63, 3.8) is 0 Å². The highest BCUT2D eigenvalue weighted by Gasteiger charge is 2.24. The molecular weight excluding hydrogens is 446 g/mol. The minimum absolute atomic E-state index is 0.167. The summed E-state index contributed by atoms with van der Waals surface area (Å²) < 4.78 is 34.0. The Balaban J connectivity index is 1.83. The van der Waals surface area contributed by atoms with E-state index < -0.39 is 10.0 Å². The highest BCUT2D eigenvalue weighted by atomic mass is 35.5. The number of nitrogens with zero attached hydrogens (tertiary/aromatic N) is 3. The minimum atomic E-state index is -3.91. The Kier molecular flexibility index (Phi) is 5.52. The number of hydrogen-bond donors (Lipinski definition) is 0. The van der Waals surface area contributed by atoms with E-state index in [1.165, 1.54) is 22.4 Å². The number of benzene rings is 1. The molecule has 156 valence electrons. The Bertz CT molecular complexity index is 1380. The topological polar surface area (TPSA) is 91.1 Å². The molecule has 4 aromatic rings. The lowest BCUT2D eigenvalue weighted by atomic mass is 10.2. The second-order valence-corrected chi connectivity index (χ2v) is 10.1. The van der Waals surface area contributed by atoms with Gasteiger partial charge in [0.05, 0.1) is 38.3 Å². The van der Waals surface area contributed by atoms with Crippen LogP contribution in [0.5, 0.6) is 0 Å². The van der Waals surface area contributed by atoms with Crippen molar-refractivity contribution in [2.45, 2.75) is 31.1 Å². The molecule has 3 heterocycles. The smallest absolute Gasteiger partial charge is 0.305 e. The van der Waals surface area contributed by atoms with Crippen molar-refractivity contribution in [3.05, 3.63) is 52.3 Å². The Labute approximate surface area is 182 Å². The van der Waals surface area contributed by atoms with Gasteiger partial charge in [0.25, 0.3) is 10.0 Å². The number of rotatable bonds is 6. The van der Waals surface area contributed by atoms with E-state index >= 15 is 0 Å². The van der Waals surface area contributed by atoms with Crippen LogP contribution in [-0.4, -0.2) is 35.4 Å². The molecule has 4 rings (SSSR count). The van der Waals surface area contributed by atoms with E-state index in [2.05, 4.69) is 14.7 Å². The average molecular weight is 464 g/mol. The second kappa shape index (κ2) is 7.98. The van der Waals surface area contributed by atoms with Gasteiger partial charge in [0.15, 0.2) is 0 Å². The summed E-state index contributed by atoms with van der Waals surface area (Å²) in [5.41, 5.74) is 2.21. The molecular formula is C20H18ClN3O4S2.